The first-order valence-electron chi connectivity index (χ1n) is 6.58. The number of benzene rings is 2. The number of carbonyl (C=O) groups is 1. The van der Waals surface area contributed by atoms with Crippen LogP contribution in [-0.2, 0) is 4.79 Å². The Kier molecular flexibility index (Phi) is 5.36. The van der Waals surface area contributed by atoms with Crippen LogP contribution in [0, 0.1) is 0 Å². The average molecular weight is 350 g/mol. The van der Waals surface area contributed by atoms with Crippen molar-refractivity contribution in [1.29, 1.82) is 0 Å². The Bertz CT molecular complexity index is 613. The Morgan fingerprint density at radius 1 is 1.24 bits per heavy atom. The number of amides is 1. The summed E-state index contributed by atoms with van der Waals surface area (Å²) >= 11 is 3.32. The van der Waals surface area contributed by atoms with Crippen LogP contribution in [0.1, 0.15) is 18.6 Å². The van der Waals surface area contributed by atoms with Crippen molar-refractivity contribution in [2.24, 2.45) is 0 Å². The zero-order valence-corrected chi connectivity index (χ0v) is 13.1. The van der Waals surface area contributed by atoms with E-state index in [-0.39, 0.29) is 0 Å². The summed E-state index contributed by atoms with van der Waals surface area (Å²) in [5.41, 5.74) is 1.13. The van der Waals surface area contributed by atoms with Crippen molar-refractivity contribution in [2.75, 3.05) is 11.9 Å². The molecular formula is C16H16BrNO3. The van der Waals surface area contributed by atoms with Crippen LogP contribution >= 0.6 is 15.9 Å². The van der Waals surface area contributed by atoms with E-state index in [2.05, 4.69) is 21.2 Å². The topological polar surface area (TPSA) is 58.6 Å². The summed E-state index contributed by atoms with van der Waals surface area (Å²) in [7, 11) is 0. The molecule has 0 fully saturated rings. The second kappa shape index (κ2) is 7.24. The maximum Gasteiger partial charge on any atom is 0.257 e. The molecule has 0 aromatic heterocycles. The molecule has 1 unspecified atom stereocenters. The van der Waals surface area contributed by atoms with Gasteiger partial charge in [-0.15, -0.1) is 0 Å². The molecule has 0 aliphatic heterocycles. The van der Waals surface area contributed by atoms with Crippen LogP contribution in [0.3, 0.4) is 0 Å². The van der Waals surface area contributed by atoms with Crippen molar-refractivity contribution >= 4 is 27.5 Å². The number of aliphatic hydroxyl groups excluding tert-OH is 1. The van der Waals surface area contributed by atoms with E-state index in [1.165, 1.54) is 0 Å². The largest absolute Gasteiger partial charge is 0.494 e. The van der Waals surface area contributed by atoms with Gasteiger partial charge in [-0.25, -0.2) is 0 Å². The van der Waals surface area contributed by atoms with Gasteiger partial charge in [-0.2, -0.15) is 0 Å². The normalized spacial score (nSPS) is 11.8. The monoisotopic (exact) mass is 349 g/mol. The maximum absolute atomic E-state index is 12.1. The number of hydrogen-bond donors (Lipinski definition) is 2. The lowest BCUT2D eigenvalue weighted by Crippen LogP contribution is -2.21. The van der Waals surface area contributed by atoms with Gasteiger partial charge in [0.1, 0.15) is 5.75 Å². The van der Waals surface area contributed by atoms with Crippen LogP contribution in [0.25, 0.3) is 0 Å². The minimum Gasteiger partial charge on any atom is -0.494 e. The lowest BCUT2D eigenvalue weighted by atomic mass is 10.1. The second-order valence-electron chi connectivity index (χ2n) is 4.37. The molecule has 0 aliphatic rings. The van der Waals surface area contributed by atoms with E-state index in [9.17, 15) is 9.90 Å². The molecule has 110 valence electrons. The summed E-state index contributed by atoms with van der Waals surface area (Å²) in [6.07, 6.45) is -1.23. The molecular weight excluding hydrogens is 334 g/mol. The second-order valence-corrected chi connectivity index (χ2v) is 5.23. The number of hydrogen-bond acceptors (Lipinski definition) is 3. The number of halogens is 1. The molecule has 0 aliphatic carbocycles. The molecule has 0 saturated carbocycles. The first kappa shape index (κ1) is 15.5. The van der Waals surface area contributed by atoms with Gasteiger partial charge < -0.3 is 15.2 Å². The summed E-state index contributed by atoms with van der Waals surface area (Å²) in [6, 6.07) is 14.1. The van der Waals surface area contributed by atoms with E-state index in [0.29, 0.717) is 22.3 Å². The molecule has 0 radical (unpaired) electrons. The predicted molar refractivity (Wildman–Crippen MR) is 85.3 cm³/mol. The molecule has 1 atom stereocenters. The Morgan fingerprint density at radius 3 is 2.52 bits per heavy atom. The fraction of sp³-hybridized carbons (Fsp3) is 0.188. The standard InChI is InChI=1S/C16H16BrNO3/c1-2-21-12-9-7-11(8-10-12)18-16(20)15(19)13-5-3-4-6-14(13)17/h3-10,15,19H,2H2,1H3,(H,18,20). The first-order valence-corrected chi connectivity index (χ1v) is 7.37. The fourth-order valence-electron chi connectivity index (χ4n) is 1.85. The van der Waals surface area contributed by atoms with Crippen molar-refractivity contribution < 1.29 is 14.6 Å². The summed E-state index contributed by atoms with van der Waals surface area (Å²) in [4.78, 5) is 12.1. The van der Waals surface area contributed by atoms with E-state index >= 15 is 0 Å². The lowest BCUT2D eigenvalue weighted by molar-refractivity contribution is -0.124. The molecule has 0 saturated heterocycles. The van der Waals surface area contributed by atoms with Gasteiger partial charge in [-0.3, -0.25) is 4.79 Å². The number of nitrogens with one attached hydrogen (secondary N) is 1. The van der Waals surface area contributed by atoms with Crippen molar-refractivity contribution in [3.05, 3.63) is 58.6 Å². The number of carbonyl (C=O) groups excluding carboxylic acids is 1. The lowest BCUT2D eigenvalue weighted by Gasteiger charge is -2.13. The molecule has 2 rings (SSSR count). The summed E-state index contributed by atoms with van der Waals surface area (Å²) < 4.78 is 6.02. The minimum atomic E-state index is -1.23. The number of rotatable bonds is 5. The predicted octanol–water partition coefficient (Wildman–Crippen LogP) is 3.52. The molecule has 4 nitrogen and oxygen atoms in total. The van der Waals surface area contributed by atoms with Crippen LogP contribution in [0.5, 0.6) is 5.75 Å². The van der Waals surface area contributed by atoms with Gasteiger partial charge >= 0.3 is 0 Å². The quantitative estimate of drug-likeness (QED) is 0.868. The van der Waals surface area contributed by atoms with Crippen LogP contribution in [0.2, 0.25) is 0 Å². The molecule has 5 heteroatoms. The first-order chi connectivity index (χ1) is 10.1. The molecule has 21 heavy (non-hydrogen) atoms. The van der Waals surface area contributed by atoms with Crippen LogP contribution in [-0.4, -0.2) is 17.6 Å². The van der Waals surface area contributed by atoms with Crippen LogP contribution < -0.4 is 10.1 Å². The van der Waals surface area contributed by atoms with Crippen molar-refractivity contribution in [3.8, 4) is 5.75 Å². The Hall–Kier alpha value is -1.85. The highest BCUT2D eigenvalue weighted by Gasteiger charge is 2.19. The highest BCUT2D eigenvalue weighted by molar-refractivity contribution is 9.10. The molecule has 2 aromatic carbocycles. The highest BCUT2D eigenvalue weighted by Crippen LogP contribution is 2.24. The zero-order chi connectivity index (χ0) is 15.2. The Labute approximate surface area is 131 Å². The number of ether oxygens (including phenoxy) is 1. The van der Waals surface area contributed by atoms with Gasteiger partial charge in [0.2, 0.25) is 0 Å². The number of anilines is 1. The smallest absolute Gasteiger partial charge is 0.257 e. The van der Waals surface area contributed by atoms with Gasteiger partial charge in [0, 0.05) is 15.7 Å². The Morgan fingerprint density at radius 2 is 1.90 bits per heavy atom. The van der Waals surface area contributed by atoms with Gasteiger partial charge in [0.25, 0.3) is 5.91 Å². The maximum atomic E-state index is 12.1. The highest BCUT2D eigenvalue weighted by atomic mass is 79.9. The van der Waals surface area contributed by atoms with E-state index in [1.807, 2.05) is 13.0 Å². The molecule has 2 aromatic rings. The molecule has 0 heterocycles. The molecule has 0 bridgehead atoms. The Balaban J connectivity index is 2.05. The molecule has 1 amide bonds. The van der Waals surface area contributed by atoms with Gasteiger partial charge in [0.15, 0.2) is 6.10 Å². The summed E-state index contributed by atoms with van der Waals surface area (Å²) in [5.74, 6) is 0.257. The summed E-state index contributed by atoms with van der Waals surface area (Å²) in [6.45, 7) is 2.50. The third kappa shape index (κ3) is 4.06. The van der Waals surface area contributed by atoms with Crippen molar-refractivity contribution in [1.82, 2.24) is 0 Å². The van der Waals surface area contributed by atoms with Gasteiger partial charge in [-0.05, 0) is 37.3 Å². The number of aliphatic hydroxyl groups is 1. The molecule has 2 N–H and O–H groups in total. The molecule has 0 spiro atoms. The third-order valence-electron chi connectivity index (χ3n) is 2.88. The van der Waals surface area contributed by atoms with E-state index in [1.54, 1.807) is 42.5 Å². The zero-order valence-electron chi connectivity index (χ0n) is 11.5. The SMILES string of the molecule is CCOc1ccc(NC(=O)C(O)c2ccccc2Br)cc1. The van der Waals surface area contributed by atoms with Crippen molar-refractivity contribution in [2.45, 2.75) is 13.0 Å². The van der Waals surface area contributed by atoms with Crippen LogP contribution in [0.4, 0.5) is 5.69 Å². The van der Waals surface area contributed by atoms with E-state index < -0.39 is 12.0 Å². The average Bonchev–Trinajstić information content (AvgIpc) is 2.49. The summed E-state index contributed by atoms with van der Waals surface area (Å²) in [5, 5.41) is 12.8. The van der Waals surface area contributed by atoms with Gasteiger partial charge in [0.05, 0.1) is 6.61 Å². The fourth-order valence-corrected chi connectivity index (χ4v) is 2.35. The van der Waals surface area contributed by atoms with Crippen LogP contribution in [0.15, 0.2) is 53.0 Å². The van der Waals surface area contributed by atoms with E-state index in [0.717, 1.165) is 5.75 Å². The minimum absolute atomic E-state index is 0.481. The third-order valence-corrected chi connectivity index (χ3v) is 3.60. The van der Waals surface area contributed by atoms with Crippen molar-refractivity contribution in [3.63, 3.8) is 0 Å². The van der Waals surface area contributed by atoms with Gasteiger partial charge in [-0.1, -0.05) is 34.1 Å². The van der Waals surface area contributed by atoms with E-state index in [4.69, 9.17) is 4.74 Å².